The van der Waals surface area contributed by atoms with Crippen molar-refractivity contribution in [3.05, 3.63) is 40.5 Å². The number of hydrogen-bond acceptors (Lipinski definition) is 6. The number of Topliss-reactive ketones (excluding diaryl/α,β-unsaturated/α-hetero) is 2. The highest BCUT2D eigenvalue weighted by Gasteiger charge is 2.69. The van der Waals surface area contributed by atoms with Gasteiger partial charge in [-0.2, -0.15) is 0 Å². The lowest BCUT2D eigenvalue weighted by Crippen LogP contribution is -2.63. The Morgan fingerprint density at radius 3 is 2.29 bits per heavy atom. The first-order chi connectivity index (χ1) is 23.0. The monoisotopic (exact) mass is 673 g/mol. The minimum Gasteiger partial charge on any atom is -0.508 e. The maximum Gasteiger partial charge on any atom is 0.160 e. The second-order valence-corrected chi connectivity index (χ2v) is 19.2. The van der Waals surface area contributed by atoms with Crippen LogP contribution in [0.2, 0.25) is 0 Å². The standard InChI is InChI=1S/C43H63NO5/c1-39(2)34-16-17-42(6)35(41(34,5)22-30(37(39)48)27-18-25(24-44-8)19-28(45)20-27)15-14-31-36(33(47)23-43(31,42)7)29(26-12-10-9-11-13-26)21-32(46)38-40(3,4)49-38/h18-20,26,29-30,32,34-35,38,44-46H,9-17,21-24H2,1-8H3. The topological polar surface area (TPSA) is 99.2 Å². The molecule has 49 heavy (non-hydrogen) atoms. The molecule has 6 aliphatic rings. The van der Waals surface area contributed by atoms with Crippen LogP contribution in [0, 0.1) is 45.3 Å². The van der Waals surface area contributed by atoms with E-state index in [0.717, 1.165) is 61.6 Å². The van der Waals surface area contributed by atoms with Crippen LogP contribution in [0.15, 0.2) is 29.3 Å². The van der Waals surface area contributed by atoms with Gasteiger partial charge in [-0.05, 0) is 136 Å². The van der Waals surface area contributed by atoms with Crippen molar-refractivity contribution in [2.24, 2.45) is 45.3 Å². The molecule has 9 atom stereocenters. The van der Waals surface area contributed by atoms with Gasteiger partial charge in [-0.15, -0.1) is 0 Å². The lowest BCUT2D eigenvalue weighted by Gasteiger charge is -2.68. The van der Waals surface area contributed by atoms with Crippen molar-refractivity contribution in [1.29, 1.82) is 0 Å². The van der Waals surface area contributed by atoms with Gasteiger partial charge in [-0.1, -0.05) is 65.5 Å². The van der Waals surface area contributed by atoms with Crippen LogP contribution in [0.3, 0.4) is 0 Å². The predicted molar refractivity (Wildman–Crippen MR) is 193 cm³/mol. The predicted octanol–water partition coefficient (Wildman–Crippen LogP) is 8.43. The third kappa shape index (κ3) is 5.43. The van der Waals surface area contributed by atoms with E-state index >= 15 is 0 Å². The molecule has 1 aliphatic heterocycles. The number of aromatic hydroxyl groups is 1. The largest absolute Gasteiger partial charge is 0.508 e. The summed E-state index contributed by atoms with van der Waals surface area (Å²) in [5.41, 5.74) is 3.27. The van der Waals surface area contributed by atoms with Gasteiger partial charge in [0.1, 0.15) is 17.6 Å². The van der Waals surface area contributed by atoms with Gasteiger partial charge in [0, 0.05) is 29.7 Å². The van der Waals surface area contributed by atoms with Crippen molar-refractivity contribution < 1.29 is 24.5 Å². The van der Waals surface area contributed by atoms with E-state index in [4.69, 9.17) is 4.74 Å². The highest BCUT2D eigenvalue weighted by molar-refractivity contribution is 6.01. The van der Waals surface area contributed by atoms with Gasteiger partial charge < -0.3 is 20.3 Å². The van der Waals surface area contributed by atoms with Gasteiger partial charge in [-0.25, -0.2) is 0 Å². The Balaban J connectivity index is 1.26. The number of phenols is 1. The fraction of sp³-hybridized carbons (Fsp3) is 0.767. The number of allylic oxidation sites excluding steroid dienone is 2. The Morgan fingerprint density at radius 1 is 0.939 bits per heavy atom. The fourth-order valence-electron chi connectivity index (χ4n) is 13.3. The van der Waals surface area contributed by atoms with E-state index in [0.29, 0.717) is 42.8 Å². The molecule has 1 aromatic carbocycles. The van der Waals surface area contributed by atoms with Crippen LogP contribution in [0.4, 0.5) is 0 Å². The molecule has 0 spiro atoms. The number of aliphatic hydroxyl groups excluding tert-OH is 1. The van der Waals surface area contributed by atoms with Crippen LogP contribution >= 0.6 is 0 Å². The molecule has 7 rings (SSSR count). The fourth-order valence-corrected chi connectivity index (χ4v) is 13.3. The molecule has 0 bridgehead atoms. The number of hydrogen-bond donors (Lipinski definition) is 3. The number of rotatable bonds is 8. The minimum absolute atomic E-state index is 0.0717. The van der Waals surface area contributed by atoms with Gasteiger partial charge >= 0.3 is 0 Å². The summed E-state index contributed by atoms with van der Waals surface area (Å²) in [6.07, 6.45) is 11.2. The van der Waals surface area contributed by atoms with Gasteiger partial charge in [0.05, 0.1) is 11.7 Å². The van der Waals surface area contributed by atoms with E-state index in [9.17, 15) is 19.8 Å². The molecule has 6 heteroatoms. The van der Waals surface area contributed by atoms with Crippen molar-refractivity contribution in [1.82, 2.24) is 5.32 Å². The van der Waals surface area contributed by atoms with Crippen LogP contribution in [0.5, 0.6) is 5.75 Å². The van der Waals surface area contributed by atoms with Crippen molar-refractivity contribution in [3.63, 3.8) is 0 Å². The molecule has 6 nitrogen and oxygen atoms in total. The molecule has 1 heterocycles. The summed E-state index contributed by atoms with van der Waals surface area (Å²) in [4.78, 5) is 29.0. The summed E-state index contributed by atoms with van der Waals surface area (Å²) < 4.78 is 5.92. The van der Waals surface area contributed by atoms with E-state index in [1.165, 1.54) is 24.8 Å². The number of nitrogens with one attached hydrogen (secondary N) is 1. The molecule has 1 saturated heterocycles. The van der Waals surface area contributed by atoms with E-state index in [1.54, 1.807) is 6.07 Å². The van der Waals surface area contributed by atoms with Crippen LogP contribution in [0.1, 0.15) is 143 Å². The lowest BCUT2D eigenvalue weighted by atomic mass is 9.35. The molecule has 1 aromatic rings. The molecule has 0 radical (unpaired) electrons. The SMILES string of the molecule is CNCc1cc(O)cc(C2CC3(C)C(CCC4(C)C3CCC3=C(C(CC(O)C5OC5(C)C)C5CCCCC5)C(=O)CC34C)C(C)(C)C2=O)c1. The third-order valence-electron chi connectivity index (χ3n) is 15.8. The Hall–Kier alpha value is -2.02. The molecule has 0 amide bonds. The summed E-state index contributed by atoms with van der Waals surface area (Å²) in [6, 6.07) is 5.74. The number of carbonyl (C=O) groups excluding carboxylic acids is 2. The summed E-state index contributed by atoms with van der Waals surface area (Å²) in [5.74, 6) is 1.78. The maximum atomic E-state index is 14.6. The van der Waals surface area contributed by atoms with E-state index in [2.05, 4.69) is 59.8 Å². The third-order valence-corrected chi connectivity index (χ3v) is 15.8. The van der Waals surface area contributed by atoms with Gasteiger partial charge in [0.2, 0.25) is 0 Å². The van der Waals surface area contributed by atoms with Crippen molar-refractivity contribution >= 4 is 11.6 Å². The van der Waals surface area contributed by atoms with Gasteiger partial charge in [-0.3, -0.25) is 9.59 Å². The van der Waals surface area contributed by atoms with Crippen LogP contribution < -0.4 is 5.32 Å². The normalized spacial score (nSPS) is 39.6. The highest BCUT2D eigenvalue weighted by Crippen LogP contribution is 2.75. The molecule has 270 valence electrons. The van der Waals surface area contributed by atoms with E-state index in [-0.39, 0.29) is 51.5 Å². The Morgan fingerprint density at radius 2 is 1.63 bits per heavy atom. The van der Waals surface area contributed by atoms with Crippen molar-refractivity contribution in [2.75, 3.05) is 7.05 Å². The van der Waals surface area contributed by atoms with Crippen LogP contribution in [-0.2, 0) is 20.9 Å². The number of epoxide rings is 1. The first-order valence-electron chi connectivity index (χ1n) is 19.6. The van der Waals surface area contributed by atoms with Gasteiger partial charge in [0.15, 0.2) is 5.78 Å². The number of benzene rings is 1. The minimum atomic E-state index is -0.555. The number of fused-ring (bicyclic) bond motifs is 5. The maximum absolute atomic E-state index is 14.6. The summed E-state index contributed by atoms with van der Waals surface area (Å²) in [6.45, 7) is 16.5. The molecular formula is C43H63NO5. The number of phenolic OH excluding ortho intramolecular Hbond substituents is 1. The zero-order valence-corrected chi connectivity index (χ0v) is 31.6. The first kappa shape index (κ1) is 35.4. The molecule has 5 aliphatic carbocycles. The molecule has 9 unspecified atom stereocenters. The number of ether oxygens (including phenoxy) is 1. The second kappa shape index (κ2) is 12.0. The highest BCUT2D eigenvalue weighted by atomic mass is 16.6. The van der Waals surface area contributed by atoms with E-state index < -0.39 is 11.5 Å². The average Bonchev–Trinajstić information content (AvgIpc) is 3.59. The van der Waals surface area contributed by atoms with Crippen LogP contribution in [0.25, 0.3) is 0 Å². The number of carbonyl (C=O) groups is 2. The summed E-state index contributed by atoms with van der Waals surface area (Å²) in [7, 11) is 1.90. The number of aliphatic hydroxyl groups is 1. The van der Waals surface area contributed by atoms with Crippen molar-refractivity contribution in [2.45, 2.75) is 156 Å². The first-order valence-corrected chi connectivity index (χ1v) is 19.6. The smallest absolute Gasteiger partial charge is 0.160 e. The zero-order chi connectivity index (χ0) is 35.3. The Labute approximate surface area is 295 Å². The van der Waals surface area contributed by atoms with Gasteiger partial charge in [0.25, 0.3) is 0 Å². The number of ketones is 2. The molecular weight excluding hydrogens is 610 g/mol. The van der Waals surface area contributed by atoms with Crippen LogP contribution in [-0.4, -0.2) is 46.6 Å². The summed E-state index contributed by atoms with van der Waals surface area (Å²) >= 11 is 0. The molecule has 5 fully saturated rings. The molecule has 3 N–H and O–H groups in total. The quantitative estimate of drug-likeness (QED) is 0.240. The average molecular weight is 674 g/mol. The van der Waals surface area contributed by atoms with E-state index in [1.807, 2.05) is 13.1 Å². The zero-order valence-electron chi connectivity index (χ0n) is 31.6. The second-order valence-electron chi connectivity index (χ2n) is 19.2. The Kier molecular flexibility index (Phi) is 8.68. The summed E-state index contributed by atoms with van der Waals surface area (Å²) in [5, 5.41) is 25.4. The molecule has 0 aromatic heterocycles. The Bertz CT molecular complexity index is 1540. The van der Waals surface area contributed by atoms with Crippen molar-refractivity contribution in [3.8, 4) is 5.75 Å². The lowest BCUT2D eigenvalue weighted by molar-refractivity contribution is -0.183. The molecule has 4 saturated carbocycles.